The topological polar surface area (TPSA) is 12.9 Å². The predicted molar refractivity (Wildman–Crippen MR) is 62.0 cm³/mol. The van der Waals surface area contributed by atoms with E-state index in [9.17, 15) is 13.2 Å². The minimum absolute atomic E-state index is 0.412. The highest BCUT2D eigenvalue weighted by molar-refractivity contribution is 7.13. The molecule has 0 fully saturated rings. The molecule has 0 bridgehead atoms. The zero-order chi connectivity index (χ0) is 12.6. The Hall–Kier alpha value is -1.36. The lowest BCUT2D eigenvalue weighted by Gasteiger charge is -2.04. The zero-order valence-corrected chi connectivity index (χ0v) is 10.1. The third kappa shape index (κ3) is 2.49. The van der Waals surface area contributed by atoms with Crippen LogP contribution in [0.2, 0.25) is 0 Å². The number of benzene rings is 1. The molecule has 17 heavy (non-hydrogen) atoms. The molecule has 0 saturated heterocycles. The number of hydrogen-bond donors (Lipinski definition) is 0. The van der Waals surface area contributed by atoms with Crippen LogP contribution in [0.4, 0.5) is 13.2 Å². The molecular weight excluding hydrogens is 247 g/mol. The fourth-order valence-corrected chi connectivity index (χ4v) is 2.50. The van der Waals surface area contributed by atoms with Crippen molar-refractivity contribution < 1.29 is 13.2 Å². The first-order valence-electron chi connectivity index (χ1n) is 4.98. The maximum Gasteiger partial charge on any atom is 0.434 e. The van der Waals surface area contributed by atoms with Crippen molar-refractivity contribution in [3.63, 3.8) is 0 Å². The molecule has 5 heteroatoms. The molecule has 1 aromatic heterocycles. The summed E-state index contributed by atoms with van der Waals surface area (Å²) in [6.45, 7) is 3.82. The highest BCUT2D eigenvalue weighted by Crippen LogP contribution is 2.34. The van der Waals surface area contributed by atoms with Gasteiger partial charge in [-0.05, 0) is 19.4 Å². The predicted octanol–water partition coefficient (Wildman–Crippen LogP) is 4.45. The molecule has 0 aliphatic rings. The van der Waals surface area contributed by atoms with E-state index >= 15 is 0 Å². The molecule has 0 aliphatic heterocycles. The van der Waals surface area contributed by atoms with E-state index in [0.717, 1.165) is 33.4 Å². The summed E-state index contributed by atoms with van der Waals surface area (Å²) in [6.07, 6.45) is -4.37. The van der Waals surface area contributed by atoms with Gasteiger partial charge in [-0.2, -0.15) is 13.2 Å². The molecule has 0 amide bonds. The largest absolute Gasteiger partial charge is 0.434 e. The molecule has 1 heterocycles. The number of nitrogens with zero attached hydrogens (tertiary/aromatic N) is 1. The Bertz CT molecular complexity index is 543. The SMILES string of the molecule is Cc1ccc(-c2nc(C(F)(F)F)cs2)c(C)c1. The number of halogens is 3. The van der Waals surface area contributed by atoms with Gasteiger partial charge in [-0.15, -0.1) is 11.3 Å². The van der Waals surface area contributed by atoms with Gasteiger partial charge < -0.3 is 0 Å². The highest BCUT2D eigenvalue weighted by atomic mass is 32.1. The van der Waals surface area contributed by atoms with E-state index in [2.05, 4.69) is 4.98 Å². The van der Waals surface area contributed by atoms with E-state index in [1.807, 2.05) is 32.0 Å². The normalized spacial score (nSPS) is 11.8. The van der Waals surface area contributed by atoms with Crippen molar-refractivity contribution >= 4 is 11.3 Å². The van der Waals surface area contributed by atoms with Gasteiger partial charge in [0.15, 0.2) is 5.69 Å². The molecule has 0 unspecified atom stereocenters. The van der Waals surface area contributed by atoms with Gasteiger partial charge in [0.2, 0.25) is 0 Å². The zero-order valence-electron chi connectivity index (χ0n) is 9.30. The van der Waals surface area contributed by atoms with Crippen LogP contribution < -0.4 is 0 Å². The molecule has 0 radical (unpaired) electrons. The van der Waals surface area contributed by atoms with Crippen molar-refractivity contribution in [1.82, 2.24) is 4.98 Å². The summed E-state index contributed by atoms with van der Waals surface area (Å²) < 4.78 is 37.3. The third-order valence-electron chi connectivity index (χ3n) is 2.41. The fraction of sp³-hybridized carbons (Fsp3) is 0.250. The minimum Gasteiger partial charge on any atom is -0.232 e. The average molecular weight is 257 g/mol. The van der Waals surface area contributed by atoms with Crippen LogP contribution >= 0.6 is 11.3 Å². The van der Waals surface area contributed by atoms with Crippen molar-refractivity contribution in [3.8, 4) is 10.6 Å². The summed E-state index contributed by atoms with van der Waals surface area (Å²) >= 11 is 1.02. The van der Waals surface area contributed by atoms with Crippen LogP contribution in [0, 0.1) is 13.8 Å². The maximum atomic E-state index is 12.4. The van der Waals surface area contributed by atoms with E-state index < -0.39 is 11.9 Å². The van der Waals surface area contributed by atoms with E-state index in [-0.39, 0.29) is 0 Å². The second kappa shape index (κ2) is 4.14. The third-order valence-corrected chi connectivity index (χ3v) is 3.28. The first-order chi connectivity index (χ1) is 7.88. The molecule has 0 aliphatic carbocycles. The first-order valence-corrected chi connectivity index (χ1v) is 5.86. The quantitative estimate of drug-likeness (QED) is 0.735. The number of thiazole rings is 1. The van der Waals surface area contributed by atoms with Crippen LogP contribution in [0.1, 0.15) is 16.8 Å². The van der Waals surface area contributed by atoms with Crippen LogP contribution in [0.15, 0.2) is 23.6 Å². The van der Waals surface area contributed by atoms with Gasteiger partial charge in [0.05, 0.1) is 0 Å². The van der Waals surface area contributed by atoms with E-state index in [4.69, 9.17) is 0 Å². The Morgan fingerprint density at radius 2 is 1.88 bits per heavy atom. The first kappa shape index (κ1) is 12.1. The molecule has 1 nitrogen and oxygen atoms in total. The summed E-state index contributed by atoms with van der Waals surface area (Å²) in [5.74, 6) is 0. The van der Waals surface area contributed by atoms with Gasteiger partial charge in [-0.3, -0.25) is 0 Å². The van der Waals surface area contributed by atoms with Crippen LogP contribution in [0.5, 0.6) is 0 Å². The Labute approximate surface area is 101 Å². The van der Waals surface area contributed by atoms with Crippen LogP contribution in [-0.2, 0) is 6.18 Å². The Kier molecular flexibility index (Phi) is 2.95. The molecule has 0 saturated carbocycles. The molecule has 2 aromatic rings. The molecule has 2 rings (SSSR count). The summed E-state index contributed by atoms with van der Waals surface area (Å²) in [5.41, 5.74) is 1.96. The van der Waals surface area contributed by atoms with E-state index in [1.165, 1.54) is 0 Å². The minimum atomic E-state index is -4.37. The summed E-state index contributed by atoms with van der Waals surface area (Å²) in [6, 6.07) is 5.62. The lowest BCUT2D eigenvalue weighted by atomic mass is 10.1. The molecule has 0 atom stereocenters. The van der Waals surface area contributed by atoms with Gasteiger partial charge >= 0.3 is 6.18 Å². The number of aryl methyl sites for hydroxylation is 2. The van der Waals surface area contributed by atoms with Crippen LogP contribution in [0.25, 0.3) is 10.6 Å². The number of rotatable bonds is 1. The van der Waals surface area contributed by atoms with Crippen molar-refractivity contribution in [2.24, 2.45) is 0 Å². The summed E-state index contributed by atoms with van der Waals surface area (Å²) in [7, 11) is 0. The van der Waals surface area contributed by atoms with Gasteiger partial charge in [0, 0.05) is 10.9 Å². The fourth-order valence-electron chi connectivity index (χ4n) is 1.58. The summed E-state index contributed by atoms with van der Waals surface area (Å²) in [5, 5.41) is 1.46. The number of hydrogen-bond acceptors (Lipinski definition) is 2. The Balaban J connectivity index is 2.44. The lowest BCUT2D eigenvalue weighted by Crippen LogP contribution is -2.04. The molecule has 0 spiro atoms. The Morgan fingerprint density at radius 1 is 1.18 bits per heavy atom. The van der Waals surface area contributed by atoms with E-state index in [0.29, 0.717) is 5.01 Å². The van der Waals surface area contributed by atoms with Crippen molar-refractivity contribution in [3.05, 3.63) is 40.4 Å². The monoisotopic (exact) mass is 257 g/mol. The number of aromatic nitrogens is 1. The van der Waals surface area contributed by atoms with Crippen LogP contribution in [-0.4, -0.2) is 4.98 Å². The average Bonchev–Trinajstić information content (AvgIpc) is 2.65. The van der Waals surface area contributed by atoms with Gasteiger partial charge in [-0.1, -0.05) is 23.8 Å². The Morgan fingerprint density at radius 3 is 2.41 bits per heavy atom. The van der Waals surface area contributed by atoms with Crippen LogP contribution in [0.3, 0.4) is 0 Å². The molecule has 1 aromatic carbocycles. The van der Waals surface area contributed by atoms with Crippen molar-refractivity contribution in [2.75, 3.05) is 0 Å². The van der Waals surface area contributed by atoms with E-state index in [1.54, 1.807) is 0 Å². The molecule has 90 valence electrons. The van der Waals surface area contributed by atoms with Crippen molar-refractivity contribution in [1.29, 1.82) is 0 Å². The number of alkyl halides is 3. The molecular formula is C12H10F3NS. The van der Waals surface area contributed by atoms with Gasteiger partial charge in [0.1, 0.15) is 5.01 Å². The van der Waals surface area contributed by atoms with Gasteiger partial charge in [0.25, 0.3) is 0 Å². The highest BCUT2D eigenvalue weighted by Gasteiger charge is 2.33. The second-order valence-corrected chi connectivity index (χ2v) is 4.71. The second-order valence-electron chi connectivity index (χ2n) is 3.85. The smallest absolute Gasteiger partial charge is 0.232 e. The maximum absolute atomic E-state index is 12.4. The standard InChI is InChI=1S/C12H10F3NS/c1-7-3-4-9(8(2)5-7)11-16-10(6-17-11)12(13,14)15/h3-6H,1-2H3. The summed E-state index contributed by atoms with van der Waals surface area (Å²) in [4.78, 5) is 3.64. The lowest BCUT2D eigenvalue weighted by molar-refractivity contribution is -0.140. The molecule has 0 N–H and O–H groups in total. The van der Waals surface area contributed by atoms with Gasteiger partial charge in [-0.25, -0.2) is 4.98 Å². The van der Waals surface area contributed by atoms with Crippen molar-refractivity contribution in [2.45, 2.75) is 20.0 Å².